The van der Waals surface area contributed by atoms with Crippen molar-refractivity contribution in [2.45, 2.75) is 6.92 Å². The van der Waals surface area contributed by atoms with Crippen LogP contribution in [0.2, 0.25) is 5.02 Å². The SMILES string of the molecule is Cc1nccc(NC(=O)c2cccc(-c3ncn[nH]3)c2)c1Cl. The number of nitrogens with zero attached hydrogens (tertiary/aromatic N) is 3. The number of carbonyl (C=O) groups is 1. The van der Waals surface area contributed by atoms with Gasteiger partial charge in [0.1, 0.15) is 6.33 Å². The molecule has 0 aliphatic carbocycles. The Morgan fingerprint density at radius 3 is 2.91 bits per heavy atom. The maximum Gasteiger partial charge on any atom is 0.255 e. The lowest BCUT2D eigenvalue weighted by Gasteiger charge is -2.09. The molecule has 2 aromatic heterocycles. The molecule has 0 aliphatic heterocycles. The number of amides is 1. The number of aryl methyl sites for hydroxylation is 1. The number of nitrogens with one attached hydrogen (secondary N) is 2. The van der Waals surface area contributed by atoms with Crippen LogP contribution in [0.4, 0.5) is 5.69 Å². The zero-order valence-corrected chi connectivity index (χ0v) is 12.4. The van der Waals surface area contributed by atoms with Gasteiger partial charge in [-0.15, -0.1) is 0 Å². The summed E-state index contributed by atoms with van der Waals surface area (Å²) in [6, 6.07) is 8.75. The molecule has 0 aliphatic rings. The van der Waals surface area contributed by atoms with Crippen LogP contribution in [-0.2, 0) is 0 Å². The van der Waals surface area contributed by atoms with Crippen molar-refractivity contribution in [1.29, 1.82) is 0 Å². The molecule has 3 rings (SSSR count). The van der Waals surface area contributed by atoms with Crippen molar-refractivity contribution in [2.75, 3.05) is 5.32 Å². The highest BCUT2D eigenvalue weighted by atomic mass is 35.5. The second-order valence-corrected chi connectivity index (χ2v) is 5.00. The zero-order valence-electron chi connectivity index (χ0n) is 11.7. The summed E-state index contributed by atoms with van der Waals surface area (Å²) in [5, 5.41) is 9.78. The van der Waals surface area contributed by atoms with Crippen LogP contribution < -0.4 is 5.32 Å². The number of rotatable bonds is 3. The highest BCUT2D eigenvalue weighted by Crippen LogP contribution is 2.24. The average Bonchev–Trinajstić information content (AvgIpc) is 3.06. The molecule has 0 unspecified atom stereocenters. The molecule has 0 radical (unpaired) electrons. The summed E-state index contributed by atoms with van der Waals surface area (Å²) in [6.45, 7) is 1.78. The van der Waals surface area contributed by atoms with E-state index in [9.17, 15) is 4.79 Å². The Balaban J connectivity index is 1.87. The molecule has 0 spiro atoms. The van der Waals surface area contributed by atoms with E-state index in [2.05, 4.69) is 25.5 Å². The number of pyridine rings is 1. The summed E-state index contributed by atoms with van der Waals surface area (Å²) in [6.07, 6.45) is 3.02. The molecule has 1 aromatic carbocycles. The molecule has 0 saturated heterocycles. The number of carbonyl (C=O) groups excluding carboxylic acids is 1. The third-order valence-corrected chi connectivity index (χ3v) is 3.60. The summed E-state index contributed by atoms with van der Waals surface area (Å²) in [5.41, 5.74) is 2.47. The van der Waals surface area contributed by atoms with Gasteiger partial charge in [-0.1, -0.05) is 23.7 Å². The van der Waals surface area contributed by atoms with Crippen LogP contribution >= 0.6 is 11.6 Å². The van der Waals surface area contributed by atoms with Crippen LogP contribution in [-0.4, -0.2) is 26.1 Å². The number of aromatic nitrogens is 4. The number of aromatic amines is 1. The van der Waals surface area contributed by atoms with E-state index in [0.29, 0.717) is 27.8 Å². The molecule has 0 atom stereocenters. The number of benzene rings is 1. The van der Waals surface area contributed by atoms with E-state index in [4.69, 9.17) is 11.6 Å². The monoisotopic (exact) mass is 313 g/mol. The summed E-state index contributed by atoms with van der Waals surface area (Å²) in [7, 11) is 0. The van der Waals surface area contributed by atoms with Crippen molar-refractivity contribution in [1.82, 2.24) is 20.2 Å². The molecule has 0 bridgehead atoms. The molecular weight excluding hydrogens is 302 g/mol. The lowest BCUT2D eigenvalue weighted by atomic mass is 10.1. The van der Waals surface area contributed by atoms with Crippen molar-refractivity contribution < 1.29 is 4.79 Å². The first-order valence-corrected chi connectivity index (χ1v) is 6.91. The topological polar surface area (TPSA) is 83.6 Å². The van der Waals surface area contributed by atoms with E-state index in [1.807, 2.05) is 6.07 Å². The molecule has 2 heterocycles. The van der Waals surface area contributed by atoms with Gasteiger partial charge in [0.15, 0.2) is 5.82 Å². The number of hydrogen-bond donors (Lipinski definition) is 2. The Hall–Kier alpha value is -2.73. The highest BCUT2D eigenvalue weighted by Gasteiger charge is 2.11. The maximum atomic E-state index is 12.4. The zero-order chi connectivity index (χ0) is 15.5. The molecule has 0 fully saturated rings. The quantitative estimate of drug-likeness (QED) is 0.778. The van der Waals surface area contributed by atoms with E-state index < -0.39 is 0 Å². The van der Waals surface area contributed by atoms with Gasteiger partial charge in [-0.05, 0) is 25.1 Å². The van der Waals surface area contributed by atoms with E-state index >= 15 is 0 Å². The second-order valence-electron chi connectivity index (χ2n) is 4.63. The second kappa shape index (κ2) is 5.95. The van der Waals surface area contributed by atoms with Crippen molar-refractivity contribution in [3.63, 3.8) is 0 Å². The van der Waals surface area contributed by atoms with Crippen LogP contribution in [0.5, 0.6) is 0 Å². The van der Waals surface area contributed by atoms with Gasteiger partial charge >= 0.3 is 0 Å². The fraction of sp³-hybridized carbons (Fsp3) is 0.0667. The molecule has 3 aromatic rings. The average molecular weight is 314 g/mol. The van der Waals surface area contributed by atoms with Gasteiger partial charge in [-0.3, -0.25) is 14.9 Å². The van der Waals surface area contributed by atoms with E-state index in [1.54, 1.807) is 37.4 Å². The Kier molecular flexibility index (Phi) is 3.84. The van der Waals surface area contributed by atoms with Crippen LogP contribution in [0.1, 0.15) is 16.1 Å². The van der Waals surface area contributed by atoms with Crippen LogP contribution in [0.25, 0.3) is 11.4 Å². The van der Waals surface area contributed by atoms with Crippen molar-refractivity contribution >= 4 is 23.2 Å². The van der Waals surface area contributed by atoms with Crippen LogP contribution in [0.15, 0.2) is 42.9 Å². The third kappa shape index (κ3) is 2.82. The Morgan fingerprint density at radius 2 is 2.14 bits per heavy atom. The lowest BCUT2D eigenvalue weighted by Crippen LogP contribution is -2.12. The van der Waals surface area contributed by atoms with Gasteiger partial charge in [-0.25, -0.2) is 4.98 Å². The third-order valence-electron chi connectivity index (χ3n) is 3.12. The van der Waals surface area contributed by atoms with Gasteiger partial charge in [0.25, 0.3) is 5.91 Å². The van der Waals surface area contributed by atoms with E-state index in [0.717, 1.165) is 5.56 Å². The number of halogens is 1. The predicted octanol–water partition coefficient (Wildman–Crippen LogP) is 3.08. The van der Waals surface area contributed by atoms with Gasteiger partial charge in [0, 0.05) is 17.3 Å². The molecule has 1 amide bonds. The standard InChI is InChI=1S/C15H12ClN5O/c1-9-13(16)12(5-6-17-9)20-15(22)11-4-2-3-10(7-11)14-18-8-19-21-14/h2-8H,1H3,(H,17,20,22)(H,18,19,21). The molecule has 0 saturated carbocycles. The molecular formula is C15H12ClN5O. The van der Waals surface area contributed by atoms with Gasteiger partial charge in [-0.2, -0.15) is 5.10 Å². The van der Waals surface area contributed by atoms with Crippen molar-refractivity contribution in [3.05, 3.63) is 59.1 Å². The van der Waals surface area contributed by atoms with Crippen molar-refractivity contribution in [2.24, 2.45) is 0 Å². The number of anilines is 1. The summed E-state index contributed by atoms with van der Waals surface area (Å²) in [5.74, 6) is 0.348. The Bertz CT molecular complexity index is 817. The fourth-order valence-corrected chi connectivity index (χ4v) is 2.15. The summed E-state index contributed by atoms with van der Waals surface area (Å²) < 4.78 is 0. The smallest absolute Gasteiger partial charge is 0.255 e. The maximum absolute atomic E-state index is 12.4. The highest BCUT2D eigenvalue weighted by molar-refractivity contribution is 6.34. The molecule has 22 heavy (non-hydrogen) atoms. The summed E-state index contributed by atoms with van der Waals surface area (Å²) in [4.78, 5) is 20.5. The molecule has 6 nitrogen and oxygen atoms in total. The predicted molar refractivity (Wildman–Crippen MR) is 83.8 cm³/mol. The van der Waals surface area contributed by atoms with Gasteiger partial charge in [0.05, 0.1) is 16.4 Å². The molecule has 110 valence electrons. The molecule has 2 N–H and O–H groups in total. The normalized spacial score (nSPS) is 10.5. The van der Waals surface area contributed by atoms with Gasteiger partial charge < -0.3 is 5.32 Å². The van der Waals surface area contributed by atoms with E-state index in [-0.39, 0.29) is 5.91 Å². The summed E-state index contributed by atoms with van der Waals surface area (Å²) >= 11 is 6.14. The Morgan fingerprint density at radius 1 is 1.27 bits per heavy atom. The van der Waals surface area contributed by atoms with Crippen molar-refractivity contribution in [3.8, 4) is 11.4 Å². The first-order chi connectivity index (χ1) is 10.6. The van der Waals surface area contributed by atoms with E-state index in [1.165, 1.54) is 6.33 Å². The first-order valence-electron chi connectivity index (χ1n) is 6.53. The lowest BCUT2D eigenvalue weighted by molar-refractivity contribution is 0.102. The minimum absolute atomic E-state index is 0.256. The minimum atomic E-state index is -0.256. The largest absolute Gasteiger partial charge is 0.321 e. The minimum Gasteiger partial charge on any atom is -0.321 e. The Labute approximate surface area is 131 Å². The van der Waals surface area contributed by atoms with Crippen LogP contribution in [0.3, 0.4) is 0 Å². The van der Waals surface area contributed by atoms with Crippen LogP contribution in [0, 0.1) is 6.92 Å². The number of H-pyrrole nitrogens is 1. The first kappa shape index (κ1) is 14.2. The molecule has 7 heteroatoms. The fourth-order valence-electron chi connectivity index (χ4n) is 1.99. The number of hydrogen-bond acceptors (Lipinski definition) is 4. The van der Waals surface area contributed by atoms with Gasteiger partial charge in [0.2, 0.25) is 0 Å².